The lowest BCUT2D eigenvalue weighted by molar-refractivity contribution is 0.102. The van der Waals surface area contributed by atoms with Crippen LogP contribution in [0.2, 0.25) is 0 Å². The highest BCUT2D eigenvalue weighted by atomic mass is 32.2. The van der Waals surface area contributed by atoms with Crippen LogP contribution in [0, 0.1) is 6.92 Å². The van der Waals surface area contributed by atoms with Crippen LogP contribution in [0.4, 0.5) is 10.8 Å². The number of aromatic nitrogens is 1. The summed E-state index contributed by atoms with van der Waals surface area (Å²) in [6.45, 7) is 1.89. The number of fused-ring (bicyclic) bond motifs is 1. The van der Waals surface area contributed by atoms with Crippen LogP contribution in [0.25, 0.3) is 10.2 Å². The van der Waals surface area contributed by atoms with E-state index in [0.717, 1.165) is 10.3 Å². The van der Waals surface area contributed by atoms with Gasteiger partial charge < -0.3 is 14.8 Å². The molecular formula is C23H21N3O5S2. The minimum absolute atomic E-state index is 0.162. The zero-order chi connectivity index (χ0) is 23.6. The summed E-state index contributed by atoms with van der Waals surface area (Å²) in [5, 5.41) is 3.08. The summed E-state index contributed by atoms with van der Waals surface area (Å²) < 4.78 is 39.0. The molecule has 2 N–H and O–H groups in total. The summed E-state index contributed by atoms with van der Waals surface area (Å²) in [6.07, 6.45) is 0. The average Bonchev–Trinajstić information content (AvgIpc) is 3.19. The minimum Gasteiger partial charge on any atom is -0.493 e. The van der Waals surface area contributed by atoms with Crippen molar-refractivity contribution in [2.75, 3.05) is 24.3 Å². The Balaban J connectivity index is 1.53. The predicted octanol–water partition coefficient (Wildman–Crippen LogP) is 4.68. The van der Waals surface area contributed by atoms with Gasteiger partial charge in [0.05, 0.1) is 29.3 Å². The lowest BCUT2D eigenvalue weighted by Gasteiger charge is -2.10. The molecule has 4 rings (SSSR count). The van der Waals surface area contributed by atoms with Crippen molar-refractivity contribution >= 4 is 48.3 Å². The minimum atomic E-state index is -3.75. The molecule has 0 saturated carbocycles. The van der Waals surface area contributed by atoms with Crippen molar-refractivity contribution in [3.05, 3.63) is 71.8 Å². The van der Waals surface area contributed by atoms with Gasteiger partial charge in [-0.3, -0.25) is 9.52 Å². The maximum Gasteiger partial charge on any atom is 0.263 e. The van der Waals surface area contributed by atoms with Gasteiger partial charge in [-0.1, -0.05) is 29.0 Å². The number of anilines is 2. The molecule has 0 fully saturated rings. The molecule has 10 heteroatoms. The topological polar surface area (TPSA) is 107 Å². The van der Waals surface area contributed by atoms with Crippen LogP contribution < -0.4 is 19.5 Å². The Morgan fingerprint density at radius 2 is 1.67 bits per heavy atom. The van der Waals surface area contributed by atoms with Crippen LogP contribution in [0.15, 0.2) is 65.6 Å². The van der Waals surface area contributed by atoms with E-state index in [2.05, 4.69) is 15.0 Å². The molecule has 1 amide bonds. The first-order valence-corrected chi connectivity index (χ1v) is 12.1. The van der Waals surface area contributed by atoms with E-state index in [1.165, 1.54) is 25.6 Å². The molecular weight excluding hydrogens is 462 g/mol. The van der Waals surface area contributed by atoms with E-state index in [-0.39, 0.29) is 15.9 Å². The number of carbonyl (C=O) groups is 1. The highest BCUT2D eigenvalue weighted by Gasteiger charge is 2.17. The molecule has 0 aliphatic rings. The number of hydrogen-bond donors (Lipinski definition) is 2. The van der Waals surface area contributed by atoms with Gasteiger partial charge >= 0.3 is 0 Å². The molecule has 0 unspecified atom stereocenters. The quantitative estimate of drug-likeness (QED) is 0.395. The number of ether oxygens (including phenoxy) is 2. The Morgan fingerprint density at radius 3 is 2.36 bits per heavy atom. The van der Waals surface area contributed by atoms with Crippen LogP contribution in [-0.4, -0.2) is 33.5 Å². The third-order valence-corrected chi connectivity index (χ3v) is 7.26. The molecule has 0 atom stereocenters. The molecule has 3 aromatic carbocycles. The van der Waals surface area contributed by atoms with Crippen molar-refractivity contribution in [3.8, 4) is 11.5 Å². The van der Waals surface area contributed by atoms with E-state index in [1.807, 2.05) is 6.92 Å². The van der Waals surface area contributed by atoms with Crippen LogP contribution in [0.3, 0.4) is 0 Å². The Bertz CT molecular complexity index is 1430. The Labute approximate surface area is 195 Å². The SMILES string of the molecule is COc1ccc(C(=O)Nc2ccc3nc(NS(=O)(=O)c4ccc(C)cc4)sc3c2)cc1OC. The largest absolute Gasteiger partial charge is 0.493 e. The van der Waals surface area contributed by atoms with E-state index in [1.54, 1.807) is 60.7 Å². The molecule has 0 aliphatic heterocycles. The van der Waals surface area contributed by atoms with Gasteiger partial charge in [-0.05, 0) is 55.5 Å². The maximum absolute atomic E-state index is 12.7. The molecule has 0 aliphatic carbocycles. The normalized spacial score (nSPS) is 11.2. The number of carbonyl (C=O) groups excluding carboxylic acids is 1. The van der Waals surface area contributed by atoms with Gasteiger partial charge in [-0.2, -0.15) is 0 Å². The molecule has 8 nitrogen and oxygen atoms in total. The third-order valence-electron chi connectivity index (χ3n) is 4.84. The van der Waals surface area contributed by atoms with E-state index in [0.29, 0.717) is 28.3 Å². The Morgan fingerprint density at radius 1 is 0.939 bits per heavy atom. The number of amides is 1. The van der Waals surface area contributed by atoms with Gasteiger partial charge in [-0.25, -0.2) is 13.4 Å². The first kappa shape index (κ1) is 22.6. The second-order valence-corrected chi connectivity index (χ2v) is 9.86. The smallest absolute Gasteiger partial charge is 0.263 e. The van der Waals surface area contributed by atoms with E-state index in [4.69, 9.17) is 9.47 Å². The number of aryl methyl sites for hydroxylation is 1. The van der Waals surface area contributed by atoms with Crippen molar-refractivity contribution in [3.63, 3.8) is 0 Å². The van der Waals surface area contributed by atoms with Gasteiger partial charge in [-0.15, -0.1) is 0 Å². The Kier molecular flexibility index (Phi) is 6.21. The fourth-order valence-electron chi connectivity index (χ4n) is 3.12. The van der Waals surface area contributed by atoms with Crippen LogP contribution >= 0.6 is 11.3 Å². The average molecular weight is 484 g/mol. The zero-order valence-corrected chi connectivity index (χ0v) is 19.7. The predicted molar refractivity (Wildman–Crippen MR) is 129 cm³/mol. The number of nitrogens with zero attached hydrogens (tertiary/aromatic N) is 1. The molecule has 1 aromatic heterocycles. The third kappa shape index (κ3) is 4.91. The second kappa shape index (κ2) is 9.08. The molecule has 0 spiro atoms. The van der Waals surface area contributed by atoms with Gasteiger partial charge in [0.1, 0.15) is 0 Å². The Hall–Kier alpha value is -3.63. The number of thiazole rings is 1. The number of benzene rings is 3. The summed E-state index contributed by atoms with van der Waals surface area (Å²) in [5.41, 5.74) is 2.55. The summed E-state index contributed by atoms with van der Waals surface area (Å²) in [7, 11) is -0.723. The van der Waals surface area contributed by atoms with Crippen LogP contribution in [0.5, 0.6) is 11.5 Å². The molecule has 33 heavy (non-hydrogen) atoms. The highest BCUT2D eigenvalue weighted by molar-refractivity contribution is 7.93. The lowest BCUT2D eigenvalue weighted by Crippen LogP contribution is -2.12. The monoisotopic (exact) mass is 483 g/mol. The van der Waals surface area contributed by atoms with Gasteiger partial charge in [0.2, 0.25) is 0 Å². The van der Waals surface area contributed by atoms with Crippen LogP contribution in [0.1, 0.15) is 15.9 Å². The van der Waals surface area contributed by atoms with Gasteiger partial charge in [0.25, 0.3) is 15.9 Å². The number of sulfonamides is 1. The fraction of sp³-hybridized carbons (Fsp3) is 0.130. The second-order valence-electron chi connectivity index (χ2n) is 7.14. The van der Waals surface area contributed by atoms with Crippen molar-refractivity contribution in [2.24, 2.45) is 0 Å². The van der Waals surface area contributed by atoms with Gasteiger partial charge in [0.15, 0.2) is 16.6 Å². The van der Waals surface area contributed by atoms with Gasteiger partial charge in [0, 0.05) is 11.3 Å². The van der Waals surface area contributed by atoms with Crippen molar-refractivity contribution < 1.29 is 22.7 Å². The molecule has 0 bridgehead atoms. The first-order chi connectivity index (χ1) is 15.8. The van der Waals surface area contributed by atoms with E-state index in [9.17, 15) is 13.2 Å². The molecule has 0 saturated heterocycles. The van der Waals surface area contributed by atoms with Crippen molar-refractivity contribution in [2.45, 2.75) is 11.8 Å². The fourth-order valence-corrected chi connectivity index (χ4v) is 5.26. The molecule has 1 heterocycles. The summed E-state index contributed by atoms with van der Waals surface area (Å²) in [4.78, 5) is 17.2. The zero-order valence-electron chi connectivity index (χ0n) is 18.1. The molecule has 4 aromatic rings. The van der Waals surface area contributed by atoms with Crippen molar-refractivity contribution in [1.82, 2.24) is 4.98 Å². The summed E-state index contributed by atoms with van der Waals surface area (Å²) in [5.74, 6) is 0.662. The lowest BCUT2D eigenvalue weighted by atomic mass is 10.2. The first-order valence-electron chi connectivity index (χ1n) is 9.82. The summed E-state index contributed by atoms with van der Waals surface area (Å²) in [6, 6.07) is 16.6. The summed E-state index contributed by atoms with van der Waals surface area (Å²) >= 11 is 1.18. The number of rotatable bonds is 7. The number of nitrogens with one attached hydrogen (secondary N) is 2. The standard InChI is InChI=1S/C23H21N3O5S2/c1-14-4-8-17(9-5-14)33(28,29)26-23-25-18-10-7-16(13-21(18)32-23)24-22(27)15-6-11-19(30-2)20(12-15)31-3/h4-13H,1-3H3,(H,24,27)(H,25,26). The van der Waals surface area contributed by atoms with E-state index >= 15 is 0 Å². The molecule has 0 radical (unpaired) electrons. The number of hydrogen-bond acceptors (Lipinski definition) is 7. The number of methoxy groups -OCH3 is 2. The maximum atomic E-state index is 12.7. The van der Waals surface area contributed by atoms with E-state index < -0.39 is 10.0 Å². The van der Waals surface area contributed by atoms with Crippen molar-refractivity contribution in [1.29, 1.82) is 0 Å². The molecule has 170 valence electrons. The highest BCUT2D eigenvalue weighted by Crippen LogP contribution is 2.31. The van der Waals surface area contributed by atoms with Crippen LogP contribution in [-0.2, 0) is 10.0 Å².